The van der Waals surface area contributed by atoms with Crippen LogP contribution in [-0.4, -0.2) is 42.1 Å². The molecule has 1 aromatic heterocycles. The van der Waals surface area contributed by atoms with Crippen LogP contribution in [0.15, 0.2) is 36.5 Å². The molecule has 0 fully saturated rings. The molecule has 10 heteroatoms. The minimum Gasteiger partial charge on any atom is -0.494 e. The summed E-state index contributed by atoms with van der Waals surface area (Å²) >= 11 is 0. The second-order valence-corrected chi connectivity index (χ2v) is 5.06. The number of rotatable bonds is 8. The van der Waals surface area contributed by atoms with Crippen molar-refractivity contribution in [3.05, 3.63) is 52.2 Å². The van der Waals surface area contributed by atoms with Gasteiger partial charge in [-0.25, -0.2) is 9.78 Å². The van der Waals surface area contributed by atoms with Crippen LogP contribution < -0.4 is 14.8 Å². The second-order valence-electron chi connectivity index (χ2n) is 5.06. The zero-order valence-electron chi connectivity index (χ0n) is 14.6. The quantitative estimate of drug-likeness (QED) is 0.422. The number of nitro groups is 1. The number of nitro benzene ring substituents is 1. The lowest BCUT2D eigenvalue weighted by Crippen LogP contribution is -2.21. The predicted molar refractivity (Wildman–Crippen MR) is 94.0 cm³/mol. The topological polar surface area (TPSA) is 130 Å². The van der Waals surface area contributed by atoms with E-state index < -0.39 is 23.4 Å². The number of nitrogens with zero attached hydrogens (tertiary/aromatic N) is 2. The Balaban J connectivity index is 2.00. The summed E-state index contributed by atoms with van der Waals surface area (Å²) in [7, 11) is 1.31. The predicted octanol–water partition coefficient (Wildman–Crippen LogP) is 2.19. The molecule has 142 valence electrons. The molecule has 27 heavy (non-hydrogen) atoms. The van der Waals surface area contributed by atoms with E-state index in [0.29, 0.717) is 6.61 Å². The van der Waals surface area contributed by atoms with Crippen molar-refractivity contribution in [3.63, 3.8) is 0 Å². The highest BCUT2D eigenvalue weighted by molar-refractivity contribution is 5.97. The molecule has 1 heterocycles. The third kappa shape index (κ3) is 5.14. The summed E-state index contributed by atoms with van der Waals surface area (Å²) in [4.78, 5) is 38.3. The molecule has 1 amide bonds. The number of carbonyl (C=O) groups excluding carboxylic acids is 2. The molecule has 1 N–H and O–H groups in total. The zero-order valence-corrected chi connectivity index (χ0v) is 14.6. The summed E-state index contributed by atoms with van der Waals surface area (Å²) in [5.41, 5.74) is 0.122. The van der Waals surface area contributed by atoms with E-state index in [4.69, 9.17) is 14.2 Å². The first-order chi connectivity index (χ1) is 13.0. The third-order valence-corrected chi connectivity index (χ3v) is 3.28. The smallest absolute Gasteiger partial charge is 0.344 e. The fourth-order valence-electron chi connectivity index (χ4n) is 2.09. The number of benzene rings is 1. The van der Waals surface area contributed by atoms with E-state index in [1.807, 2.05) is 0 Å². The van der Waals surface area contributed by atoms with Crippen LogP contribution >= 0.6 is 0 Å². The number of aromatic nitrogens is 1. The maximum absolute atomic E-state index is 12.1. The van der Waals surface area contributed by atoms with Crippen molar-refractivity contribution in [1.29, 1.82) is 0 Å². The van der Waals surface area contributed by atoms with Gasteiger partial charge in [0.15, 0.2) is 6.61 Å². The van der Waals surface area contributed by atoms with E-state index in [1.165, 1.54) is 37.6 Å². The molecular weight excluding hydrogens is 358 g/mol. The molecule has 0 saturated carbocycles. The lowest BCUT2D eigenvalue weighted by Gasteiger charge is -2.11. The average Bonchev–Trinajstić information content (AvgIpc) is 2.67. The summed E-state index contributed by atoms with van der Waals surface area (Å²) in [6.07, 6.45) is 1.47. The van der Waals surface area contributed by atoms with Gasteiger partial charge in [0.2, 0.25) is 5.88 Å². The molecule has 1 aromatic carbocycles. The summed E-state index contributed by atoms with van der Waals surface area (Å²) < 4.78 is 15.2. The van der Waals surface area contributed by atoms with Crippen molar-refractivity contribution in [2.75, 3.05) is 25.6 Å². The average molecular weight is 375 g/mol. The van der Waals surface area contributed by atoms with Gasteiger partial charge in [0.05, 0.1) is 30.4 Å². The van der Waals surface area contributed by atoms with Crippen LogP contribution in [0.5, 0.6) is 11.6 Å². The lowest BCUT2D eigenvalue weighted by atomic mass is 10.2. The van der Waals surface area contributed by atoms with Crippen molar-refractivity contribution in [2.24, 2.45) is 0 Å². The maximum atomic E-state index is 12.1. The van der Waals surface area contributed by atoms with Gasteiger partial charge in [0, 0.05) is 12.3 Å². The number of carbonyl (C=O) groups is 2. The molecule has 0 spiro atoms. The van der Waals surface area contributed by atoms with E-state index in [9.17, 15) is 19.7 Å². The third-order valence-electron chi connectivity index (χ3n) is 3.28. The van der Waals surface area contributed by atoms with Gasteiger partial charge < -0.3 is 19.5 Å². The van der Waals surface area contributed by atoms with Crippen LogP contribution in [0.25, 0.3) is 0 Å². The Morgan fingerprint density at radius 2 is 2.07 bits per heavy atom. The standard InChI is InChI=1S/C17H17N3O7/c1-3-26-16-12(5-4-8-18-16)17(22)27-10-15(21)19-13-7-6-11(20(23)24)9-14(13)25-2/h4-9H,3,10H2,1-2H3,(H,19,21). The fraction of sp³-hybridized carbons (Fsp3) is 0.235. The highest BCUT2D eigenvalue weighted by atomic mass is 16.6. The molecule has 2 aromatic rings. The van der Waals surface area contributed by atoms with Crippen LogP contribution in [0.1, 0.15) is 17.3 Å². The van der Waals surface area contributed by atoms with Gasteiger partial charge >= 0.3 is 5.97 Å². The van der Waals surface area contributed by atoms with E-state index in [1.54, 1.807) is 13.0 Å². The fourth-order valence-corrected chi connectivity index (χ4v) is 2.09. The van der Waals surface area contributed by atoms with Crippen LogP contribution in [0.3, 0.4) is 0 Å². The number of amides is 1. The zero-order chi connectivity index (χ0) is 19.8. The van der Waals surface area contributed by atoms with Gasteiger partial charge in [-0.3, -0.25) is 14.9 Å². The van der Waals surface area contributed by atoms with Crippen LogP contribution in [-0.2, 0) is 9.53 Å². The van der Waals surface area contributed by atoms with E-state index in [0.717, 1.165) is 0 Å². The number of nitrogens with one attached hydrogen (secondary N) is 1. The van der Waals surface area contributed by atoms with Crippen LogP contribution in [0, 0.1) is 10.1 Å². The molecule has 0 aliphatic carbocycles. The molecule has 0 bridgehead atoms. The van der Waals surface area contributed by atoms with E-state index in [-0.39, 0.29) is 28.6 Å². The molecule has 0 unspecified atom stereocenters. The maximum Gasteiger partial charge on any atom is 0.344 e. The Hall–Kier alpha value is -3.69. The van der Waals surface area contributed by atoms with Crippen molar-refractivity contribution in [1.82, 2.24) is 4.98 Å². The van der Waals surface area contributed by atoms with Crippen LogP contribution in [0.2, 0.25) is 0 Å². The van der Waals surface area contributed by atoms with Gasteiger partial charge in [-0.2, -0.15) is 0 Å². The summed E-state index contributed by atoms with van der Waals surface area (Å²) in [5.74, 6) is -1.19. The Morgan fingerprint density at radius 3 is 2.74 bits per heavy atom. The first kappa shape index (κ1) is 19.6. The highest BCUT2D eigenvalue weighted by Gasteiger charge is 2.18. The Bertz CT molecular complexity index is 854. The van der Waals surface area contributed by atoms with E-state index in [2.05, 4.69) is 10.3 Å². The highest BCUT2D eigenvalue weighted by Crippen LogP contribution is 2.28. The second kappa shape index (κ2) is 9.13. The van der Waals surface area contributed by atoms with Crippen LogP contribution in [0.4, 0.5) is 11.4 Å². The molecular formula is C17H17N3O7. The molecule has 0 atom stereocenters. The number of esters is 1. The molecule has 0 aliphatic heterocycles. The lowest BCUT2D eigenvalue weighted by molar-refractivity contribution is -0.384. The normalized spacial score (nSPS) is 10.0. The van der Waals surface area contributed by atoms with E-state index >= 15 is 0 Å². The largest absolute Gasteiger partial charge is 0.494 e. The molecule has 10 nitrogen and oxygen atoms in total. The van der Waals surface area contributed by atoms with Gasteiger partial charge in [-0.15, -0.1) is 0 Å². The Kier molecular flexibility index (Phi) is 6.64. The summed E-state index contributed by atoms with van der Waals surface area (Å²) in [5, 5.41) is 13.2. The molecule has 0 aliphatic rings. The van der Waals surface area contributed by atoms with Crippen molar-refractivity contribution in [3.8, 4) is 11.6 Å². The minimum atomic E-state index is -0.766. The first-order valence-corrected chi connectivity index (χ1v) is 7.83. The SMILES string of the molecule is CCOc1ncccc1C(=O)OCC(=O)Nc1ccc([N+](=O)[O-])cc1OC. The summed E-state index contributed by atoms with van der Waals surface area (Å²) in [6, 6.07) is 6.73. The van der Waals surface area contributed by atoms with Gasteiger partial charge in [0.25, 0.3) is 11.6 Å². The Labute approximate surface area is 154 Å². The molecule has 0 saturated heterocycles. The number of pyridine rings is 1. The van der Waals surface area contributed by atoms with Gasteiger partial charge in [-0.1, -0.05) is 0 Å². The number of ether oxygens (including phenoxy) is 3. The van der Waals surface area contributed by atoms with Crippen molar-refractivity contribution < 1.29 is 28.7 Å². The number of methoxy groups -OCH3 is 1. The molecule has 2 rings (SSSR count). The number of hydrogen-bond donors (Lipinski definition) is 1. The number of hydrogen-bond acceptors (Lipinski definition) is 8. The number of anilines is 1. The van der Waals surface area contributed by atoms with Crippen molar-refractivity contribution >= 4 is 23.3 Å². The Morgan fingerprint density at radius 1 is 1.30 bits per heavy atom. The van der Waals surface area contributed by atoms with Gasteiger partial charge in [-0.05, 0) is 25.1 Å². The first-order valence-electron chi connectivity index (χ1n) is 7.83. The summed E-state index contributed by atoms with van der Waals surface area (Å²) in [6.45, 7) is 1.49. The van der Waals surface area contributed by atoms with Crippen molar-refractivity contribution in [2.45, 2.75) is 6.92 Å². The molecule has 0 radical (unpaired) electrons. The minimum absolute atomic E-state index is 0.0973. The number of non-ortho nitro benzene ring substituents is 1. The van der Waals surface area contributed by atoms with Gasteiger partial charge in [0.1, 0.15) is 11.3 Å². The monoisotopic (exact) mass is 375 g/mol.